The van der Waals surface area contributed by atoms with Gasteiger partial charge in [-0.25, -0.2) is 13.2 Å². The van der Waals surface area contributed by atoms with Crippen molar-refractivity contribution in [3.63, 3.8) is 0 Å². The molecular weight excluding hydrogens is 604 g/mol. The summed E-state index contributed by atoms with van der Waals surface area (Å²) in [6, 6.07) is 12.8. The van der Waals surface area contributed by atoms with Crippen LogP contribution in [0.25, 0.3) is 0 Å². The van der Waals surface area contributed by atoms with Gasteiger partial charge in [0.2, 0.25) is 16.8 Å². The lowest BCUT2D eigenvalue weighted by atomic mass is 9.87. The molecule has 0 radical (unpaired) electrons. The number of nitrogens with one attached hydrogen (secondary N) is 1. The molecular formula is C32H42N2O10S. The van der Waals surface area contributed by atoms with E-state index in [-0.39, 0.29) is 55.9 Å². The molecule has 2 aromatic rings. The number of fused-ring (bicyclic) bond motifs is 2. The minimum Gasteiger partial charge on any atom is -0.454 e. The first-order valence-electron chi connectivity index (χ1n) is 15.2. The molecule has 246 valence electrons. The Bertz CT molecular complexity index is 1450. The van der Waals surface area contributed by atoms with Crippen molar-refractivity contribution in [1.29, 1.82) is 0 Å². The molecule has 0 aromatic heterocycles. The number of rotatable bonds is 14. The number of aliphatic hydroxyl groups excluding tert-OH is 1. The highest BCUT2D eigenvalue weighted by atomic mass is 32.2. The Hall–Kier alpha value is -3.23. The average Bonchev–Trinajstić information content (AvgIpc) is 3.74. The van der Waals surface area contributed by atoms with Crippen LogP contribution in [0, 0.1) is 11.3 Å². The van der Waals surface area contributed by atoms with Crippen molar-refractivity contribution in [2.75, 3.05) is 33.1 Å². The molecule has 3 aliphatic heterocycles. The van der Waals surface area contributed by atoms with Gasteiger partial charge in [0.25, 0.3) is 0 Å². The molecule has 1 unspecified atom stereocenters. The van der Waals surface area contributed by atoms with E-state index in [0.717, 1.165) is 5.56 Å². The maximum Gasteiger partial charge on any atom is 0.407 e. The van der Waals surface area contributed by atoms with Gasteiger partial charge in [0.05, 0.1) is 36.2 Å². The van der Waals surface area contributed by atoms with E-state index in [1.165, 1.54) is 29.4 Å². The van der Waals surface area contributed by atoms with Crippen LogP contribution in [0.2, 0.25) is 0 Å². The molecule has 5 atom stereocenters. The lowest BCUT2D eigenvalue weighted by molar-refractivity contribution is -0.117. The Morgan fingerprint density at radius 3 is 2.62 bits per heavy atom. The van der Waals surface area contributed by atoms with Gasteiger partial charge in [0.1, 0.15) is 11.9 Å². The Morgan fingerprint density at radius 1 is 1.11 bits per heavy atom. The zero-order valence-corrected chi connectivity index (χ0v) is 26.7. The summed E-state index contributed by atoms with van der Waals surface area (Å²) in [7, 11) is -4.17. The number of amides is 1. The van der Waals surface area contributed by atoms with Gasteiger partial charge in [0.15, 0.2) is 17.8 Å². The molecule has 0 saturated carbocycles. The summed E-state index contributed by atoms with van der Waals surface area (Å²) >= 11 is 0. The number of ketones is 1. The Kier molecular flexibility index (Phi) is 10.3. The summed E-state index contributed by atoms with van der Waals surface area (Å²) < 4.78 is 57.1. The fourth-order valence-corrected chi connectivity index (χ4v) is 7.53. The van der Waals surface area contributed by atoms with Gasteiger partial charge in [-0.2, -0.15) is 4.31 Å². The maximum atomic E-state index is 14.1. The highest BCUT2D eigenvalue weighted by Crippen LogP contribution is 2.36. The maximum absolute atomic E-state index is 14.1. The first-order chi connectivity index (χ1) is 21.4. The number of benzene rings is 2. The van der Waals surface area contributed by atoms with E-state index in [9.17, 15) is 23.1 Å². The summed E-state index contributed by atoms with van der Waals surface area (Å²) in [5, 5.41) is 14.5. The SMILES string of the molecule is CC(=O)CCC(C)(C)CN(C[C@@H](O)[C@H](Cc1ccccc1)NC(=O)O[C@H]1COC2OCC[C@H]21)S(=O)(=O)c1ccc2c(c1)OCO2. The second kappa shape index (κ2) is 14.0. The van der Waals surface area contributed by atoms with E-state index in [0.29, 0.717) is 30.9 Å². The largest absolute Gasteiger partial charge is 0.454 e. The van der Waals surface area contributed by atoms with E-state index in [1.807, 2.05) is 44.2 Å². The molecule has 12 nitrogen and oxygen atoms in total. The fraction of sp³-hybridized carbons (Fsp3) is 0.562. The third kappa shape index (κ3) is 8.33. The third-order valence-corrected chi connectivity index (χ3v) is 10.2. The summed E-state index contributed by atoms with van der Waals surface area (Å²) in [5.74, 6) is 0.690. The minimum atomic E-state index is -4.17. The standard InChI is InChI=1S/C32H42N2O10S/c1-21(35)11-13-32(2,3)19-34(45(38,39)23-9-10-27-28(16-23)43-20-42-27)17-26(36)25(15-22-7-5-4-6-8-22)33-31(37)44-29-18-41-30-24(29)12-14-40-30/h4-10,16,24-26,29-30,36H,11-15,17-20H2,1-3H3,(H,33,37)/t24-,25-,26+,29-,30?/m0/s1. The number of hydrogen-bond acceptors (Lipinski definition) is 10. The Balaban J connectivity index is 1.38. The van der Waals surface area contributed by atoms with Gasteiger partial charge in [-0.1, -0.05) is 44.2 Å². The van der Waals surface area contributed by atoms with Gasteiger partial charge in [-0.05, 0) is 49.3 Å². The quantitative estimate of drug-likeness (QED) is 0.313. The van der Waals surface area contributed by atoms with Crippen LogP contribution in [0.3, 0.4) is 0 Å². The monoisotopic (exact) mass is 646 g/mol. The van der Waals surface area contributed by atoms with Crippen molar-refractivity contribution in [3.05, 3.63) is 54.1 Å². The van der Waals surface area contributed by atoms with Crippen LogP contribution in [0.5, 0.6) is 11.5 Å². The summed E-state index contributed by atoms with van der Waals surface area (Å²) in [6.45, 7) is 5.67. The lowest BCUT2D eigenvalue weighted by Crippen LogP contribution is -2.52. The van der Waals surface area contributed by atoms with Gasteiger partial charge < -0.3 is 38.9 Å². The second-order valence-corrected chi connectivity index (χ2v) is 14.6. The fourth-order valence-electron chi connectivity index (χ4n) is 5.86. The van der Waals surface area contributed by atoms with Crippen molar-refractivity contribution in [3.8, 4) is 11.5 Å². The van der Waals surface area contributed by atoms with Crippen LogP contribution in [0.1, 0.15) is 45.6 Å². The number of sulfonamides is 1. The molecule has 0 aliphatic carbocycles. The van der Waals surface area contributed by atoms with Gasteiger partial charge >= 0.3 is 6.09 Å². The number of carbonyl (C=O) groups excluding carboxylic acids is 2. The molecule has 0 spiro atoms. The highest BCUT2D eigenvalue weighted by molar-refractivity contribution is 7.89. The normalized spacial score (nSPS) is 22.2. The lowest BCUT2D eigenvalue weighted by Gasteiger charge is -2.35. The number of aliphatic hydroxyl groups is 1. The summed E-state index contributed by atoms with van der Waals surface area (Å²) in [5.41, 5.74) is 0.223. The topological polar surface area (TPSA) is 150 Å². The summed E-state index contributed by atoms with van der Waals surface area (Å²) in [6.07, 6.45) is -1.28. The predicted molar refractivity (Wildman–Crippen MR) is 162 cm³/mol. The van der Waals surface area contributed by atoms with Crippen LogP contribution < -0.4 is 14.8 Å². The van der Waals surface area contributed by atoms with Crippen molar-refractivity contribution >= 4 is 21.9 Å². The van der Waals surface area contributed by atoms with Crippen molar-refractivity contribution < 1.29 is 46.8 Å². The van der Waals surface area contributed by atoms with Crippen molar-refractivity contribution in [1.82, 2.24) is 9.62 Å². The molecule has 2 N–H and O–H groups in total. The van der Waals surface area contributed by atoms with Gasteiger partial charge in [0, 0.05) is 25.6 Å². The highest BCUT2D eigenvalue weighted by Gasteiger charge is 2.44. The van der Waals surface area contributed by atoms with Crippen LogP contribution >= 0.6 is 0 Å². The molecule has 2 aromatic carbocycles. The van der Waals surface area contributed by atoms with Crippen LogP contribution in [-0.4, -0.2) is 87.3 Å². The molecule has 1 amide bonds. The summed E-state index contributed by atoms with van der Waals surface area (Å²) in [4.78, 5) is 24.9. The van der Waals surface area contributed by atoms with E-state index in [2.05, 4.69) is 5.32 Å². The van der Waals surface area contributed by atoms with Crippen molar-refractivity contribution in [2.45, 2.75) is 75.9 Å². The molecule has 0 bridgehead atoms. The van der Waals surface area contributed by atoms with Crippen LogP contribution in [0.4, 0.5) is 4.79 Å². The molecule has 3 heterocycles. The van der Waals surface area contributed by atoms with E-state index in [1.54, 1.807) is 0 Å². The minimum absolute atomic E-state index is 0.00192. The third-order valence-electron chi connectivity index (χ3n) is 8.44. The zero-order valence-electron chi connectivity index (χ0n) is 25.8. The predicted octanol–water partition coefficient (Wildman–Crippen LogP) is 3.26. The van der Waals surface area contributed by atoms with E-state index < -0.39 is 46.1 Å². The molecule has 13 heteroatoms. The second-order valence-electron chi connectivity index (χ2n) is 12.7. The zero-order chi connectivity index (χ0) is 32.2. The van der Waals surface area contributed by atoms with Gasteiger partial charge in [-0.3, -0.25) is 0 Å². The number of alkyl carbamates (subject to hydrolysis) is 1. The first kappa shape index (κ1) is 33.1. The molecule has 5 rings (SSSR count). The average molecular weight is 647 g/mol. The van der Waals surface area contributed by atoms with Crippen molar-refractivity contribution in [2.24, 2.45) is 11.3 Å². The number of nitrogens with zero attached hydrogens (tertiary/aromatic N) is 1. The smallest absolute Gasteiger partial charge is 0.407 e. The molecule has 3 aliphatic rings. The molecule has 2 saturated heterocycles. The van der Waals surface area contributed by atoms with Gasteiger partial charge in [-0.15, -0.1) is 0 Å². The van der Waals surface area contributed by atoms with Crippen LogP contribution in [-0.2, 0) is 35.4 Å². The number of Topliss-reactive ketones (excluding diaryl/α,β-unsaturated/α-hetero) is 1. The van der Waals surface area contributed by atoms with Crippen LogP contribution in [0.15, 0.2) is 53.4 Å². The first-order valence-corrected chi connectivity index (χ1v) is 16.7. The Labute approximate surface area is 264 Å². The van der Waals surface area contributed by atoms with E-state index in [4.69, 9.17) is 23.7 Å². The molecule has 45 heavy (non-hydrogen) atoms. The van der Waals surface area contributed by atoms with E-state index >= 15 is 0 Å². The molecule has 2 fully saturated rings. The number of hydrogen-bond donors (Lipinski definition) is 2. The Morgan fingerprint density at radius 2 is 1.87 bits per heavy atom. The number of ether oxygens (including phenoxy) is 5. The number of carbonyl (C=O) groups is 2.